The van der Waals surface area contributed by atoms with Crippen LogP contribution in [-0.2, 0) is 4.74 Å². The van der Waals surface area contributed by atoms with E-state index >= 15 is 0 Å². The van der Waals surface area contributed by atoms with Gasteiger partial charge in [-0.1, -0.05) is 0 Å². The van der Waals surface area contributed by atoms with Gasteiger partial charge in [-0.15, -0.1) is 0 Å². The van der Waals surface area contributed by atoms with Crippen molar-refractivity contribution in [1.29, 1.82) is 0 Å². The summed E-state index contributed by atoms with van der Waals surface area (Å²) in [6.45, 7) is 1.72. The lowest BCUT2D eigenvalue weighted by Crippen LogP contribution is -2.14. The zero-order chi connectivity index (χ0) is 8.44. The molecule has 1 heterocycles. The Balaban J connectivity index is 2.02. The second kappa shape index (κ2) is 3.09. The predicted molar refractivity (Wildman–Crippen MR) is 48.6 cm³/mol. The minimum atomic E-state index is 0.481. The van der Waals surface area contributed by atoms with Gasteiger partial charge in [0.25, 0.3) is 0 Å². The zero-order valence-electron chi connectivity index (χ0n) is 7.51. The van der Waals surface area contributed by atoms with Crippen molar-refractivity contribution in [3.05, 3.63) is 11.8 Å². The molecule has 2 heteroatoms. The summed E-state index contributed by atoms with van der Waals surface area (Å²) in [5, 5.41) is 0. The Hall–Kier alpha value is -0.500. The average Bonchev–Trinajstić information content (AvgIpc) is 2.88. The van der Waals surface area contributed by atoms with Crippen molar-refractivity contribution in [2.75, 3.05) is 13.2 Å². The summed E-state index contributed by atoms with van der Waals surface area (Å²) in [7, 11) is 0. The first-order valence-electron chi connectivity index (χ1n) is 4.89. The van der Waals surface area contributed by atoms with Crippen LogP contribution >= 0.6 is 0 Å². The fourth-order valence-electron chi connectivity index (χ4n) is 2.11. The van der Waals surface area contributed by atoms with E-state index in [4.69, 9.17) is 10.5 Å². The molecule has 0 bridgehead atoms. The first kappa shape index (κ1) is 8.11. The largest absolute Gasteiger partial charge is 0.501 e. The Morgan fingerprint density at radius 3 is 2.83 bits per heavy atom. The lowest BCUT2D eigenvalue weighted by atomic mass is 9.89. The molecule has 0 aromatic heterocycles. The molecule has 0 radical (unpaired) electrons. The van der Waals surface area contributed by atoms with Crippen LogP contribution in [0.25, 0.3) is 0 Å². The van der Waals surface area contributed by atoms with E-state index in [1.807, 2.05) is 6.26 Å². The molecule has 2 nitrogen and oxygen atoms in total. The Morgan fingerprint density at radius 2 is 2.33 bits per heavy atom. The minimum Gasteiger partial charge on any atom is -0.501 e. The van der Waals surface area contributed by atoms with Crippen LogP contribution in [0.5, 0.6) is 0 Å². The Kier molecular flexibility index (Phi) is 2.09. The number of rotatable bonds is 3. The Labute approximate surface area is 73.8 Å². The monoisotopic (exact) mass is 167 g/mol. The summed E-state index contributed by atoms with van der Waals surface area (Å²) in [5.41, 5.74) is 7.60. The normalized spacial score (nSPS) is 25.9. The molecule has 2 aliphatic rings. The number of hydrogen-bond donors (Lipinski definition) is 1. The van der Waals surface area contributed by atoms with Gasteiger partial charge in [-0.25, -0.2) is 0 Å². The standard InChI is InChI=1S/C10H17NO/c11-6-5-10(3-4-10)9-2-1-7-12-8-9/h8H,1-7,11H2. The maximum Gasteiger partial charge on any atom is 0.0876 e. The van der Waals surface area contributed by atoms with Gasteiger partial charge in [-0.05, 0) is 49.6 Å². The first-order valence-corrected chi connectivity index (χ1v) is 4.89. The predicted octanol–water partition coefficient (Wildman–Crippen LogP) is 1.81. The maximum atomic E-state index is 5.59. The van der Waals surface area contributed by atoms with Gasteiger partial charge < -0.3 is 10.5 Å². The second-order valence-corrected chi connectivity index (χ2v) is 3.94. The van der Waals surface area contributed by atoms with E-state index in [1.165, 1.54) is 31.3 Å². The van der Waals surface area contributed by atoms with E-state index in [0.29, 0.717) is 5.41 Å². The molecular formula is C10H17NO. The van der Waals surface area contributed by atoms with Crippen LogP contribution < -0.4 is 5.73 Å². The third kappa shape index (κ3) is 1.36. The molecule has 1 aliphatic heterocycles. The number of hydrogen-bond acceptors (Lipinski definition) is 2. The third-order valence-electron chi connectivity index (χ3n) is 3.09. The van der Waals surface area contributed by atoms with Crippen molar-refractivity contribution in [2.24, 2.45) is 11.1 Å². The van der Waals surface area contributed by atoms with Gasteiger partial charge in [0.15, 0.2) is 0 Å². The van der Waals surface area contributed by atoms with E-state index in [9.17, 15) is 0 Å². The summed E-state index contributed by atoms with van der Waals surface area (Å²) in [4.78, 5) is 0. The molecule has 0 spiro atoms. The summed E-state index contributed by atoms with van der Waals surface area (Å²) < 4.78 is 5.35. The molecule has 0 saturated heterocycles. The molecule has 0 unspecified atom stereocenters. The van der Waals surface area contributed by atoms with E-state index < -0.39 is 0 Å². The van der Waals surface area contributed by atoms with Gasteiger partial charge in [0.2, 0.25) is 0 Å². The van der Waals surface area contributed by atoms with E-state index in [0.717, 1.165) is 19.6 Å². The van der Waals surface area contributed by atoms with Crippen molar-refractivity contribution < 1.29 is 4.74 Å². The molecule has 1 fully saturated rings. The zero-order valence-corrected chi connectivity index (χ0v) is 7.51. The minimum absolute atomic E-state index is 0.481. The molecule has 0 aromatic rings. The molecule has 68 valence electrons. The van der Waals surface area contributed by atoms with E-state index in [2.05, 4.69) is 0 Å². The highest BCUT2D eigenvalue weighted by atomic mass is 16.5. The number of allylic oxidation sites excluding steroid dienone is 1. The van der Waals surface area contributed by atoms with Crippen LogP contribution in [-0.4, -0.2) is 13.2 Å². The SMILES string of the molecule is NCCC1(C2=COCCC2)CC1. The van der Waals surface area contributed by atoms with Crippen molar-refractivity contribution in [2.45, 2.75) is 32.1 Å². The fourth-order valence-corrected chi connectivity index (χ4v) is 2.11. The highest BCUT2D eigenvalue weighted by Crippen LogP contribution is 2.56. The molecule has 12 heavy (non-hydrogen) atoms. The molecular weight excluding hydrogens is 150 g/mol. The topological polar surface area (TPSA) is 35.2 Å². The van der Waals surface area contributed by atoms with Crippen LogP contribution in [0.2, 0.25) is 0 Å². The van der Waals surface area contributed by atoms with Gasteiger partial charge in [0.05, 0.1) is 12.9 Å². The smallest absolute Gasteiger partial charge is 0.0876 e. The molecule has 1 saturated carbocycles. The van der Waals surface area contributed by atoms with Crippen LogP contribution in [0, 0.1) is 5.41 Å². The highest BCUT2D eigenvalue weighted by molar-refractivity contribution is 5.21. The summed E-state index contributed by atoms with van der Waals surface area (Å²) in [5.74, 6) is 0. The average molecular weight is 167 g/mol. The quantitative estimate of drug-likeness (QED) is 0.695. The molecule has 2 N–H and O–H groups in total. The Bertz CT molecular complexity index is 194. The van der Waals surface area contributed by atoms with Crippen molar-refractivity contribution in [3.8, 4) is 0 Å². The van der Waals surface area contributed by atoms with Gasteiger partial charge in [-0.2, -0.15) is 0 Å². The van der Waals surface area contributed by atoms with E-state index in [-0.39, 0.29) is 0 Å². The summed E-state index contributed by atoms with van der Waals surface area (Å²) >= 11 is 0. The lowest BCUT2D eigenvalue weighted by molar-refractivity contribution is 0.215. The van der Waals surface area contributed by atoms with Crippen LogP contribution in [0.1, 0.15) is 32.1 Å². The first-order chi connectivity index (χ1) is 5.87. The fraction of sp³-hybridized carbons (Fsp3) is 0.800. The molecule has 1 aliphatic carbocycles. The van der Waals surface area contributed by atoms with Crippen LogP contribution in [0.4, 0.5) is 0 Å². The molecule has 0 amide bonds. The summed E-state index contributed by atoms with van der Waals surface area (Å²) in [6.07, 6.45) is 8.24. The summed E-state index contributed by atoms with van der Waals surface area (Å²) in [6, 6.07) is 0. The highest BCUT2D eigenvalue weighted by Gasteiger charge is 2.45. The van der Waals surface area contributed by atoms with Crippen molar-refractivity contribution in [1.82, 2.24) is 0 Å². The van der Waals surface area contributed by atoms with Crippen LogP contribution in [0.3, 0.4) is 0 Å². The third-order valence-corrected chi connectivity index (χ3v) is 3.09. The molecule has 0 aromatic carbocycles. The van der Waals surface area contributed by atoms with Gasteiger partial charge >= 0.3 is 0 Å². The van der Waals surface area contributed by atoms with Crippen molar-refractivity contribution in [3.63, 3.8) is 0 Å². The lowest BCUT2D eigenvalue weighted by Gasteiger charge is -2.21. The maximum absolute atomic E-state index is 5.59. The van der Waals surface area contributed by atoms with Crippen LogP contribution in [0.15, 0.2) is 11.8 Å². The van der Waals surface area contributed by atoms with E-state index in [1.54, 1.807) is 0 Å². The second-order valence-electron chi connectivity index (χ2n) is 3.94. The van der Waals surface area contributed by atoms with Gasteiger partial charge in [0, 0.05) is 0 Å². The van der Waals surface area contributed by atoms with Gasteiger partial charge in [-0.3, -0.25) is 0 Å². The number of nitrogens with two attached hydrogens (primary N) is 1. The Morgan fingerprint density at radius 1 is 1.50 bits per heavy atom. The van der Waals surface area contributed by atoms with Gasteiger partial charge in [0.1, 0.15) is 0 Å². The van der Waals surface area contributed by atoms with Crippen molar-refractivity contribution >= 4 is 0 Å². The number of ether oxygens (including phenoxy) is 1. The molecule has 2 rings (SSSR count). The molecule has 0 atom stereocenters.